The maximum absolute atomic E-state index is 12.1. The molecule has 142 valence electrons. The van der Waals surface area contributed by atoms with E-state index in [1.165, 1.54) is 6.92 Å². The van der Waals surface area contributed by atoms with Crippen molar-refractivity contribution in [3.05, 3.63) is 12.2 Å². The van der Waals surface area contributed by atoms with E-state index in [0.29, 0.717) is 0 Å². The van der Waals surface area contributed by atoms with Gasteiger partial charge in [0.15, 0.2) is 0 Å². The van der Waals surface area contributed by atoms with Crippen LogP contribution in [0.25, 0.3) is 0 Å². The standard InChI is InChI=1S/C12H21N4O8P/c1-6(13)10(18)16-8(5-9(14)17)11(19)15-7(12(20)21)3-2-4-25(22,23)24/h2-3,6-8H,4-5,13H2,1H3,(H2,14,17)(H,15,19)(H,16,18)(H,20,21)(H2,22,23,24)/b3-2-/t6-,7-,8-/m0/s1. The van der Waals surface area contributed by atoms with Gasteiger partial charge in [-0.05, 0) is 6.92 Å². The van der Waals surface area contributed by atoms with Crippen LogP contribution in [0.2, 0.25) is 0 Å². The van der Waals surface area contributed by atoms with Crippen LogP contribution in [0.4, 0.5) is 0 Å². The highest BCUT2D eigenvalue weighted by molar-refractivity contribution is 7.51. The topological polar surface area (TPSA) is 222 Å². The number of allylic oxidation sites excluding steroid dienone is 1. The van der Waals surface area contributed by atoms with Crippen LogP contribution in [0.15, 0.2) is 12.2 Å². The zero-order valence-corrected chi connectivity index (χ0v) is 14.2. The molecule has 0 aromatic carbocycles. The van der Waals surface area contributed by atoms with Gasteiger partial charge in [-0.2, -0.15) is 0 Å². The van der Waals surface area contributed by atoms with Crippen LogP contribution in [0, 0.1) is 0 Å². The molecule has 0 aliphatic carbocycles. The number of amides is 3. The van der Waals surface area contributed by atoms with E-state index >= 15 is 0 Å². The summed E-state index contributed by atoms with van der Waals surface area (Å²) in [6.45, 7) is 1.33. The van der Waals surface area contributed by atoms with Crippen LogP contribution in [0.5, 0.6) is 0 Å². The molecule has 0 bridgehead atoms. The zero-order valence-electron chi connectivity index (χ0n) is 13.3. The highest BCUT2D eigenvalue weighted by Crippen LogP contribution is 2.33. The van der Waals surface area contributed by atoms with Crippen LogP contribution in [-0.2, 0) is 23.7 Å². The van der Waals surface area contributed by atoms with Crippen molar-refractivity contribution in [2.24, 2.45) is 11.5 Å². The van der Waals surface area contributed by atoms with Crippen molar-refractivity contribution in [1.82, 2.24) is 10.6 Å². The van der Waals surface area contributed by atoms with E-state index < -0.39 is 62.0 Å². The van der Waals surface area contributed by atoms with Crippen molar-refractivity contribution in [2.45, 2.75) is 31.5 Å². The summed E-state index contributed by atoms with van der Waals surface area (Å²) < 4.78 is 10.7. The lowest BCUT2D eigenvalue weighted by Crippen LogP contribution is -2.54. The van der Waals surface area contributed by atoms with Gasteiger partial charge in [-0.3, -0.25) is 18.9 Å². The molecular formula is C12H21N4O8P. The fourth-order valence-corrected chi connectivity index (χ4v) is 1.89. The van der Waals surface area contributed by atoms with E-state index in [4.69, 9.17) is 26.4 Å². The molecule has 25 heavy (non-hydrogen) atoms. The summed E-state index contributed by atoms with van der Waals surface area (Å²) in [6.07, 6.45) is 0.430. The van der Waals surface area contributed by atoms with Gasteiger partial charge in [0, 0.05) is 0 Å². The van der Waals surface area contributed by atoms with E-state index in [1.807, 2.05) is 5.32 Å². The van der Waals surface area contributed by atoms with E-state index in [9.17, 15) is 23.7 Å². The third kappa shape index (κ3) is 10.2. The van der Waals surface area contributed by atoms with Gasteiger partial charge in [-0.1, -0.05) is 12.2 Å². The summed E-state index contributed by atoms with van der Waals surface area (Å²) in [6, 6.07) is -4.07. The molecule has 0 aromatic heterocycles. The predicted molar refractivity (Wildman–Crippen MR) is 85.0 cm³/mol. The van der Waals surface area contributed by atoms with Crippen LogP contribution in [-0.4, -0.2) is 62.9 Å². The predicted octanol–water partition coefficient (Wildman–Crippen LogP) is -3.00. The lowest BCUT2D eigenvalue weighted by Gasteiger charge is -2.20. The minimum atomic E-state index is -4.38. The Morgan fingerprint density at radius 2 is 1.72 bits per heavy atom. The molecule has 3 atom stereocenters. The molecule has 0 saturated heterocycles. The number of carboxylic acids is 1. The van der Waals surface area contributed by atoms with Gasteiger partial charge in [0.25, 0.3) is 0 Å². The van der Waals surface area contributed by atoms with Gasteiger partial charge in [0.1, 0.15) is 12.1 Å². The monoisotopic (exact) mass is 380 g/mol. The van der Waals surface area contributed by atoms with E-state index in [1.54, 1.807) is 0 Å². The maximum atomic E-state index is 12.1. The summed E-state index contributed by atoms with van der Waals surface area (Å²) in [5.74, 6) is -4.23. The average molecular weight is 380 g/mol. The Morgan fingerprint density at radius 1 is 1.16 bits per heavy atom. The Kier molecular flexibility index (Phi) is 8.99. The second kappa shape index (κ2) is 9.89. The Hall–Kier alpha value is -2.27. The van der Waals surface area contributed by atoms with Crippen molar-refractivity contribution >= 4 is 31.3 Å². The summed E-state index contributed by atoms with van der Waals surface area (Å²) in [4.78, 5) is 63.2. The molecule has 0 aromatic rings. The SMILES string of the molecule is C[C@H](N)C(=O)N[C@@H](CC(N)=O)C(=O)N[C@@H](/C=C\CP(=O)(O)O)C(=O)O. The quantitative estimate of drug-likeness (QED) is 0.151. The summed E-state index contributed by atoms with van der Waals surface area (Å²) in [5.41, 5.74) is 10.3. The largest absolute Gasteiger partial charge is 0.479 e. The molecule has 3 amide bonds. The van der Waals surface area contributed by atoms with Crippen molar-refractivity contribution in [1.29, 1.82) is 0 Å². The minimum Gasteiger partial charge on any atom is -0.479 e. The number of nitrogens with two attached hydrogens (primary N) is 2. The molecule has 0 aliphatic rings. The number of carbonyl (C=O) groups excluding carboxylic acids is 3. The zero-order chi connectivity index (χ0) is 19.8. The molecule has 0 rings (SSSR count). The van der Waals surface area contributed by atoms with Gasteiger partial charge in [-0.15, -0.1) is 0 Å². The molecule has 12 nitrogen and oxygen atoms in total. The Morgan fingerprint density at radius 3 is 2.12 bits per heavy atom. The van der Waals surface area contributed by atoms with E-state index in [-0.39, 0.29) is 0 Å². The summed E-state index contributed by atoms with van der Waals surface area (Å²) in [5, 5.41) is 13.2. The molecule has 0 radical (unpaired) electrons. The first kappa shape index (κ1) is 22.7. The van der Waals surface area contributed by atoms with Gasteiger partial charge < -0.3 is 37.0 Å². The lowest BCUT2D eigenvalue weighted by molar-refractivity contribution is -0.141. The smallest absolute Gasteiger partial charge is 0.330 e. The number of carbonyl (C=O) groups is 4. The third-order valence-electron chi connectivity index (χ3n) is 2.69. The molecule has 0 heterocycles. The first-order valence-electron chi connectivity index (χ1n) is 6.92. The second-order valence-corrected chi connectivity index (χ2v) is 6.81. The van der Waals surface area contributed by atoms with Gasteiger partial charge in [-0.25, -0.2) is 4.79 Å². The number of nitrogens with one attached hydrogen (secondary N) is 2. The molecule has 0 spiro atoms. The first-order valence-corrected chi connectivity index (χ1v) is 8.72. The fraction of sp³-hybridized carbons (Fsp3) is 0.500. The Balaban J connectivity index is 5.12. The van der Waals surface area contributed by atoms with Crippen LogP contribution in [0.3, 0.4) is 0 Å². The summed E-state index contributed by atoms with van der Waals surface area (Å²) >= 11 is 0. The average Bonchev–Trinajstić information content (AvgIpc) is 2.43. The molecule has 13 heteroatoms. The first-order chi connectivity index (χ1) is 11.3. The van der Waals surface area contributed by atoms with Crippen LogP contribution < -0.4 is 22.1 Å². The fourth-order valence-electron chi connectivity index (χ4n) is 1.49. The molecule has 0 unspecified atom stereocenters. The Bertz CT molecular complexity index is 600. The summed E-state index contributed by atoms with van der Waals surface area (Å²) in [7, 11) is -4.38. The third-order valence-corrected chi connectivity index (χ3v) is 3.37. The van der Waals surface area contributed by atoms with Crippen molar-refractivity contribution in [3.63, 3.8) is 0 Å². The normalized spacial score (nSPS) is 15.2. The van der Waals surface area contributed by atoms with Gasteiger partial charge >= 0.3 is 13.6 Å². The number of hydrogen-bond acceptors (Lipinski definition) is 6. The number of primary amides is 1. The highest BCUT2D eigenvalue weighted by Gasteiger charge is 2.27. The molecular weight excluding hydrogens is 359 g/mol. The van der Waals surface area contributed by atoms with E-state index in [2.05, 4.69) is 5.32 Å². The van der Waals surface area contributed by atoms with Crippen LogP contribution >= 0.6 is 7.60 Å². The molecule has 0 fully saturated rings. The lowest BCUT2D eigenvalue weighted by atomic mass is 10.1. The van der Waals surface area contributed by atoms with Crippen molar-refractivity contribution < 1.29 is 38.6 Å². The maximum Gasteiger partial charge on any atom is 0.330 e. The van der Waals surface area contributed by atoms with Gasteiger partial charge in [0.2, 0.25) is 17.7 Å². The highest BCUT2D eigenvalue weighted by atomic mass is 31.2. The number of rotatable bonds is 10. The Labute approximate surface area is 142 Å². The molecule has 9 N–H and O–H groups in total. The van der Waals surface area contributed by atoms with Crippen molar-refractivity contribution in [3.8, 4) is 0 Å². The molecule has 0 saturated carbocycles. The van der Waals surface area contributed by atoms with Crippen molar-refractivity contribution in [2.75, 3.05) is 6.16 Å². The number of hydrogen-bond donors (Lipinski definition) is 7. The van der Waals surface area contributed by atoms with Gasteiger partial charge in [0.05, 0.1) is 18.6 Å². The number of carboxylic acid groups (broad SMARTS) is 1. The van der Waals surface area contributed by atoms with E-state index in [0.717, 1.165) is 12.2 Å². The van der Waals surface area contributed by atoms with Crippen LogP contribution in [0.1, 0.15) is 13.3 Å². The molecule has 0 aliphatic heterocycles. The minimum absolute atomic E-state index is 0.594. The number of aliphatic carboxylic acids is 1. The second-order valence-electron chi connectivity index (χ2n) is 5.12.